The molecular formula is C17H24N2O2. The Kier molecular flexibility index (Phi) is 4.56. The molecule has 1 heterocycles. The minimum absolute atomic E-state index is 0.134. The van der Waals surface area contributed by atoms with Gasteiger partial charge in [-0.1, -0.05) is 29.8 Å². The van der Waals surface area contributed by atoms with Crippen molar-refractivity contribution >= 4 is 5.91 Å². The fraction of sp³-hybridized carbons (Fsp3) is 0.588. The quantitative estimate of drug-likeness (QED) is 0.899. The van der Waals surface area contributed by atoms with Crippen LogP contribution >= 0.6 is 0 Å². The van der Waals surface area contributed by atoms with Crippen molar-refractivity contribution in [2.75, 3.05) is 32.8 Å². The van der Waals surface area contributed by atoms with E-state index in [1.54, 1.807) is 0 Å². The molecule has 1 N–H and O–H groups in total. The number of ether oxygens (including phenoxy) is 1. The second-order valence-corrected chi connectivity index (χ2v) is 6.18. The molecule has 1 aromatic rings. The largest absolute Gasteiger partial charge is 0.379 e. The Labute approximate surface area is 126 Å². The lowest BCUT2D eigenvalue weighted by molar-refractivity contribution is -0.124. The maximum Gasteiger partial charge on any atom is 0.234 e. The molecule has 1 aromatic carbocycles. The van der Waals surface area contributed by atoms with E-state index in [1.165, 1.54) is 24.0 Å². The number of morpholine rings is 1. The number of hydrogen-bond donors (Lipinski definition) is 1. The Morgan fingerprint density at radius 3 is 2.57 bits per heavy atom. The van der Waals surface area contributed by atoms with Crippen LogP contribution in [0.1, 0.15) is 30.0 Å². The van der Waals surface area contributed by atoms with Crippen molar-refractivity contribution in [1.82, 2.24) is 10.2 Å². The number of amides is 1. The zero-order valence-electron chi connectivity index (χ0n) is 12.7. The van der Waals surface area contributed by atoms with Crippen LogP contribution in [0.15, 0.2) is 24.3 Å². The number of nitrogens with one attached hydrogen (secondary N) is 1. The molecule has 1 amide bonds. The van der Waals surface area contributed by atoms with E-state index in [0.29, 0.717) is 12.5 Å². The van der Waals surface area contributed by atoms with Gasteiger partial charge in [0.1, 0.15) is 0 Å². The minimum Gasteiger partial charge on any atom is -0.379 e. The van der Waals surface area contributed by atoms with Crippen LogP contribution in [0.3, 0.4) is 0 Å². The SMILES string of the molecule is Cc1ccc(C(NC(=O)CN2CCOCC2)C2CC2)cc1. The van der Waals surface area contributed by atoms with E-state index in [2.05, 4.69) is 41.4 Å². The second-order valence-electron chi connectivity index (χ2n) is 6.18. The molecular weight excluding hydrogens is 264 g/mol. The summed E-state index contributed by atoms with van der Waals surface area (Å²) in [7, 11) is 0. The molecule has 1 saturated carbocycles. The summed E-state index contributed by atoms with van der Waals surface area (Å²) in [6.07, 6.45) is 2.44. The summed E-state index contributed by atoms with van der Waals surface area (Å²) in [6.45, 7) is 5.75. The van der Waals surface area contributed by atoms with Crippen molar-refractivity contribution in [2.24, 2.45) is 5.92 Å². The average molecular weight is 288 g/mol. The van der Waals surface area contributed by atoms with Crippen LogP contribution in [0.4, 0.5) is 0 Å². The van der Waals surface area contributed by atoms with Gasteiger partial charge in [-0.05, 0) is 31.2 Å². The third kappa shape index (κ3) is 4.05. The fourth-order valence-electron chi connectivity index (χ4n) is 2.86. The van der Waals surface area contributed by atoms with E-state index in [1.807, 2.05) is 0 Å². The number of rotatable bonds is 5. The van der Waals surface area contributed by atoms with E-state index in [-0.39, 0.29) is 11.9 Å². The smallest absolute Gasteiger partial charge is 0.234 e. The van der Waals surface area contributed by atoms with Gasteiger partial charge in [0.2, 0.25) is 5.91 Å². The summed E-state index contributed by atoms with van der Waals surface area (Å²) in [5.74, 6) is 0.746. The fourth-order valence-corrected chi connectivity index (χ4v) is 2.86. The summed E-state index contributed by atoms with van der Waals surface area (Å²) < 4.78 is 5.32. The average Bonchev–Trinajstić information content (AvgIpc) is 3.31. The Morgan fingerprint density at radius 1 is 1.29 bits per heavy atom. The Balaban J connectivity index is 1.59. The topological polar surface area (TPSA) is 41.6 Å². The molecule has 21 heavy (non-hydrogen) atoms. The maximum atomic E-state index is 12.3. The van der Waals surface area contributed by atoms with Crippen LogP contribution in [-0.4, -0.2) is 43.7 Å². The normalized spacial score (nSPS) is 21.0. The van der Waals surface area contributed by atoms with E-state index in [4.69, 9.17) is 4.74 Å². The zero-order valence-corrected chi connectivity index (χ0v) is 12.7. The monoisotopic (exact) mass is 288 g/mol. The summed E-state index contributed by atoms with van der Waals surface area (Å²) in [5.41, 5.74) is 2.49. The lowest BCUT2D eigenvalue weighted by Crippen LogP contribution is -2.44. The lowest BCUT2D eigenvalue weighted by Gasteiger charge is -2.27. The van der Waals surface area contributed by atoms with Crippen molar-refractivity contribution in [2.45, 2.75) is 25.8 Å². The Bertz CT molecular complexity index is 476. The number of hydrogen-bond acceptors (Lipinski definition) is 3. The summed E-state index contributed by atoms with van der Waals surface area (Å²) in [6, 6.07) is 8.72. The highest BCUT2D eigenvalue weighted by molar-refractivity contribution is 5.78. The van der Waals surface area contributed by atoms with Gasteiger partial charge in [-0.15, -0.1) is 0 Å². The number of nitrogens with zero attached hydrogens (tertiary/aromatic N) is 1. The highest BCUT2D eigenvalue weighted by Gasteiger charge is 2.33. The highest BCUT2D eigenvalue weighted by Crippen LogP contribution is 2.41. The van der Waals surface area contributed by atoms with Crippen LogP contribution in [0.2, 0.25) is 0 Å². The summed E-state index contributed by atoms with van der Waals surface area (Å²) >= 11 is 0. The van der Waals surface area contributed by atoms with Gasteiger partial charge in [-0.2, -0.15) is 0 Å². The van der Waals surface area contributed by atoms with Gasteiger partial charge in [0.05, 0.1) is 25.8 Å². The molecule has 3 rings (SSSR count). The Hall–Kier alpha value is -1.39. The summed E-state index contributed by atoms with van der Waals surface area (Å²) in [4.78, 5) is 14.5. The summed E-state index contributed by atoms with van der Waals surface area (Å²) in [5, 5.41) is 3.24. The van der Waals surface area contributed by atoms with Crippen molar-refractivity contribution in [3.05, 3.63) is 35.4 Å². The predicted molar refractivity (Wildman–Crippen MR) is 82.0 cm³/mol. The van der Waals surface area contributed by atoms with Gasteiger partial charge in [0.15, 0.2) is 0 Å². The molecule has 1 aliphatic carbocycles. The number of aryl methyl sites for hydroxylation is 1. The predicted octanol–water partition coefficient (Wildman–Crippen LogP) is 1.89. The molecule has 2 fully saturated rings. The molecule has 114 valence electrons. The lowest BCUT2D eigenvalue weighted by atomic mass is 10.0. The van der Waals surface area contributed by atoms with Crippen molar-refractivity contribution in [3.8, 4) is 0 Å². The standard InChI is InChI=1S/C17H24N2O2/c1-13-2-4-14(5-3-13)17(15-6-7-15)18-16(20)12-19-8-10-21-11-9-19/h2-5,15,17H,6-12H2,1H3,(H,18,20). The number of benzene rings is 1. The first-order valence-electron chi connectivity index (χ1n) is 7.88. The molecule has 1 atom stereocenters. The van der Waals surface area contributed by atoms with Crippen molar-refractivity contribution in [3.63, 3.8) is 0 Å². The first-order valence-corrected chi connectivity index (χ1v) is 7.88. The third-order valence-corrected chi connectivity index (χ3v) is 4.32. The van der Waals surface area contributed by atoms with Gasteiger partial charge in [-0.25, -0.2) is 0 Å². The van der Waals surface area contributed by atoms with Gasteiger partial charge < -0.3 is 10.1 Å². The van der Waals surface area contributed by atoms with Crippen LogP contribution in [-0.2, 0) is 9.53 Å². The van der Waals surface area contributed by atoms with Gasteiger partial charge in [0.25, 0.3) is 0 Å². The van der Waals surface area contributed by atoms with E-state index >= 15 is 0 Å². The molecule has 4 heteroatoms. The number of carbonyl (C=O) groups is 1. The minimum atomic E-state index is 0.134. The third-order valence-electron chi connectivity index (χ3n) is 4.32. The zero-order chi connectivity index (χ0) is 14.7. The maximum absolute atomic E-state index is 12.3. The molecule has 1 unspecified atom stereocenters. The Morgan fingerprint density at radius 2 is 1.95 bits per heavy atom. The molecule has 1 saturated heterocycles. The van der Waals surface area contributed by atoms with Crippen molar-refractivity contribution < 1.29 is 9.53 Å². The molecule has 2 aliphatic rings. The van der Waals surface area contributed by atoms with Gasteiger partial charge in [-0.3, -0.25) is 9.69 Å². The highest BCUT2D eigenvalue weighted by atomic mass is 16.5. The van der Waals surface area contributed by atoms with Gasteiger partial charge in [0, 0.05) is 13.1 Å². The van der Waals surface area contributed by atoms with E-state index in [0.717, 1.165) is 26.3 Å². The van der Waals surface area contributed by atoms with Gasteiger partial charge >= 0.3 is 0 Å². The molecule has 1 aliphatic heterocycles. The molecule has 0 aromatic heterocycles. The van der Waals surface area contributed by atoms with E-state index < -0.39 is 0 Å². The van der Waals surface area contributed by atoms with Crippen LogP contribution in [0.25, 0.3) is 0 Å². The molecule has 0 spiro atoms. The second kappa shape index (κ2) is 6.58. The molecule has 4 nitrogen and oxygen atoms in total. The van der Waals surface area contributed by atoms with E-state index in [9.17, 15) is 4.79 Å². The van der Waals surface area contributed by atoms with Crippen LogP contribution < -0.4 is 5.32 Å². The number of carbonyl (C=O) groups excluding carboxylic acids is 1. The van der Waals surface area contributed by atoms with Crippen molar-refractivity contribution in [1.29, 1.82) is 0 Å². The molecule has 0 radical (unpaired) electrons. The first-order chi connectivity index (χ1) is 10.2. The van der Waals surface area contributed by atoms with Crippen LogP contribution in [0, 0.1) is 12.8 Å². The molecule has 0 bridgehead atoms. The van der Waals surface area contributed by atoms with Crippen LogP contribution in [0.5, 0.6) is 0 Å². The first kappa shape index (κ1) is 14.5.